The van der Waals surface area contributed by atoms with Gasteiger partial charge in [0.1, 0.15) is 23.8 Å². The standard InChI is InChI=1S/C24H24ClN3O6S/c1-32-20-10-12-22(13-11-20)35(30,31)28(19-7-5-18(25)6-8-19)16-24(29)27-26-15-17-4-9-21(33-2)14-23(17)34-3/h4-15H,16H2,1-3H3,(H,27,29)/b26-15+. The van der Waals surface area contributed by atoms with Crippen molar-refractivity contribution >= 4 is 39.4 Å². The fraction of sp³-hybridized carbons (Fsp3) is 0.167. The molecule has 0 heterocycles. The number of amides is 1. The van der Waals surface area contributed by atoms with Crippen LogP contribution in [0.1, 0.15) is 5.56 Å². The monoisotopic (exact) mass is 517 g/mol. The molecule has 1 amide bonds. The molecular weight excluding hydrogens is 494 g/mol. The number of hydrazone groups is 1. The van der Waals surface area contributed by atoms with Gasteiger partial charge < -0.3 is 14.2 Å². The van der Waals surface area contributed by atoms with Gasteiger partial charge in [0.15, 0.2) is 0 Å². The third-order valence-corrected chi connectivity index (χ3v) is 6.92. The van der Waals surface area contributed by atoms with Gasteiger partial charge in [-0.3, -0.25) is 9.10 Å². The molecule has 9 nitrogen and oxygen atoms in total. The highest BCUT2D eigenvalue weighted by Gasteiger charge is 2.27. The van der Waals surface area contributed by atoms with Crippen molar-refractivity contribution < 1.29 is 27.4 Å². The Morgan fingerprint density at radius 2 is 1.57 bits per heavy atom. The maximum atomic E-state index is 13.4. The zero-order chi connectivity index (χ0) is 25.4. The first-order valence-corrected chi connectivity index (χ1v) is 12.1. The summed E-state index contributed by atoms with van der Waals surface area (Å²) >= 11 is 5.96. The van der Waals surface area contributed by atoms with Crippen molar-refractivity contribution in [3.05, 3.63) is 77.3 Å². The second-order valence-corrected chi connectivity index (χ2v) is 9.36. The molecule has 11 heteroatoms. The molecule has 0 aliphatic rings. The molecule has 0 radical (unpaired) electrons. The highest BCUT2D eigenvalue weighted by Crippen LogP contribution is 2.26. The van der Waals surface area contributed by atoms with Crippen LogP contribution in [-0.2, 0) is 14.8 Å². The maximum Gasteiger partial charge on any atom is 0.264 e. The molecule has 0 fully saturated rings. The summed E-state index contributed by atoms with van der Waals surface area (Å²) in [6.07, 6.45) is 1.39. The Labute approximate surface area is 208 Å². The first-order valence-electron chi connectivity index (χ1n) is 10.2. The van der Waals surface area contributed by atoms with Gasteiger partial charge in [-0.15, -0.1) is 0 Å². The van der Waals surface area contributed by atoms with Crippen molar-refractivity contribution in [2.45, 2.75) is 4.90 Å². The van der Waals surface area contributed by atoms with E-state index in [0.29, 0.717) is 27.8 Å². The molecule has 3 aromatic carbocycles. The SMILES string of the molecule is COc1ccc(S(=O)(=O)N(CC(=O)N/N=C/c2ccc(OC)cc2OC)c2ccc(Cl)cc2)cc1. The summed E-state index contributed by atoms with van der Waals surface area (Å²) in [6.45, 7) is -0.521. The van der Waals surface area contributed by atoms with Gasteiger partial charge in [-0.05, 0) is 60.7 Å². The van der Waals surface area contributed by atoms with E-state index in [0.717, 1.165) is 4.31 Å². The zero-order valence-corrected chi connectivity index (χ0v) is 20.8. The van der Waals surface area contributed by atoms with Crippen LogP contribution in [0.3, 0.4) is 0 Å². The van der Waals surface area contributed by atoms with Gasteiger partial charge in [-0.25, -0.2) is 13.8 Å². The fourth-order valence-corrected chi connectivity index (χ4v) is 4.61. The summed E-state index contributed by atoms with van der Waals surface area (Å²) in [5.41, 5.74) is 3.21. The number of ether oxygens (including phenoxy) is 3. The van der Waals surface area contributed by atoms with E-state index in [4.69, 9.17) is 25.8 Å². The molecule has 0 spiro atoms. The second kappa shape index (κ2) is 11.6. The third kappa shape index (κ3) is 6.43. The van der Waals surface area contributed by atoms with Crippen LogP contribution in [0.15, 0.2) is 76.7 Å². The van der Waals surface area contributed by atoms with Crippen LogP contribution in [-0.4, -0.2) is 48.4 Å². The van der Waals surface area contributed by atoms with Crippen molar-refractivity contribution in [2.24, 2.45) is 5.10 Å². The van der Waals surface area contributed by atoms with Crippen molar-refractivity contribution in [2.75, 3.05) is 32.2 Å². The van der Waals surface area contributed by atoms with E-state index in [1.807, 2.05) is 0 Å². The number of hydrogen-bond acceptors (Lipinski definition) is 7. The molecule has 0 saturated carbocycles. The summed E-state index contributed by atoms with van der Waals surface area (Å²) in [5, 5.41) is 4.37. The van der Waals surface area contributed by atoms with Gasteiger partial charge in [0.25, 0.3) is 15.9 Å². The van der Waals surface area contributed by atoms with Gasteiger partial charge >= 0.3 is 0 Å². The largest absolute Gasteiger partial charge is 0.497 e. The van der Waals surface area contributed by atoms with E-state index in [1.165, 1.54) is 63.9 Å². The average Bonchev–Trinajstić information content (AvgIpc) is 2.88. The molecule has 0 bridgehead atoms. The normalized spacial score (nSPS) is 11.2. The van der Waals surface area contributed by atoms with E-state index >= 15 is 0 Å². The van der Waals surface area contributed by atoms with Gasteiger partial charge in [0.05, 0.1) is 38.1 Å². The summed E-state index contributed by atoms with van der Waals surface area (Å²) in [7, 11) is 0.423. The van der Waals surface area contributed by atoms with Crippen LogP contribution in [0.4, 0.5) is 5.69 Å². The summed E-state index contributed by atoms with van der Waals surface area (Å²) < 4.78 is 43.3. The number of benzene rings is 3. The lowest BCUT2D eigenvalue weighted by Gasteiger charge is -2.23. The number of sulfonamides is 1. The first-order chi connectivity index (χ1) is 16.8. The Hall–Kier alpha value is -3.76. The number of carbonyl (C=O) groups is 1. The Morgan fingerprint density at radius 1 is 0.943 bits per heavy atom. The Morgan fingerprint density at radius 3 is 2.17 bits per heavy atom. The Balaban J connectivity index is 1.83. The number of halogens is 1. The van der Waals surface area contributed by atoms with E-state index in [2.05, 4.69) is 10.5 Å². The van der Waals surface area contributed by atoms with E-state index in [9.17, 15) is 13.2 Å². The molecule has 0 aliphatic carbocycles. The van der Waals surface area contributed by atoms with Crippen molar-refractivity contribution in [1.82, 2.24) is 5.43 Å². The van der Waals surface area contributed by atoms with E-state index in [-0.39, 0.29) is 10.6 Å². The van der Waals surface area contributed by atoms with Gasteiger partial charge in [-0.2, -0.15) is 5.10 Å². The molecule has 184 valence electrons. The van der Waals surface area contributed by atoms with Crippen LogP contribution in [0, 0.1) is 0 Å². The molecule has 35 heavy (non-hydrogen) atoms. The molecule has 3 rings (SSSR count). The van der Waals surface area contributed by atoms with Crippen molar-refractivity contribution in [3.63, 3.8) is 0 Å². The Bertz CT molecular complexity index is 1300. The number of nitrogens with one attached hydrogen (secondary N) is 1. The number of rotatable bonds is 10. The van der Waals surface area contributed by atoms with Gasteiger partial charge in [-0.1, -0.05) is 11.6 Å². The molecule has 0 aliphatic heterocycles. The quantitative estimate of drug-likeness (QED) is 0.324. The Kier molecular flexibility index (Phi) is 8.56. The molecule has 1 N–H and O–H groups in total. The van der Waals surface area contributed by atoms with E-state index < -0.39 is 22.5 Å². The minimum atomic E-state index is -4.09. The fourth-order valence-electron chi connectivity index (χ4n) is 3.06. The number of nitrogens with zero attached hydrogens (tertiary/aromatic N) is 2. The van der Waals surface area contributed by atoms with Crippen LogP contribution < -0.4 is 23.9 Å². The summed E-state index contributed by atoms with van der Waals surface area (Å²) in [5.74, 6) is 0.946. The number of hydrogen-bond donors (Lipinski definition) is 1. The minimum absolute atomic E-state index is 0.00693. The summed E-state index contributed by atoms with van der Waals surface area (Å²) in [6, 6.07) is 17.1. The maximum absolute atomic E-state index is 13.4. The van der Waals surface area contributed by atoms with Crippen molar-refractivity contribution in [3.8, 4) is 17.2 Å². The molecule has 0 atom stereocenters. The highest BCUT2D eigenvalue weighted by atomic mass is 35.5. The summed E-state index contributed by atoms with van der Waals surface area (Å²) in [4.78, 5) is 12.7. The van der Waals surface area contributed by atoms with Crippen LogP contribution in [0.2, 0.25) is 5.02 Å². The van der Waals surface area contributed by atoms with Crippen LogP contribution >= 0.6 is 11.6 Å². The number of carbonyl (C=O) groups excluding carboxylic acids is 1. The zero-order valence-electron chi connectivity index (χ0n) is 19.3. The molecule has 0 saturated heterocycles. The molecule has 0 unspecified atom stereocenters. The molecular formula is C24H24ClN3O6S. The smallest absolute Gasteiger partial charge is 0.264 e. The lowest BCUT2D eigenvalue weighted by Crippen LogP contribution is -2.39. The predicted octanol–water partition coefficient (Wildman–Crippen LogP) is 3.71. The molecule has 3 aromatic rings. The van der Waals surface area contributed by atoms with Crippen LogP contribution in [0.5, 0.6) is 17.2 Å². The van der Waals surface area contributed by atoms with Crippen LogP contribution in [0.25, 0.3) is 0 Å². The predicted molar refractivity (Wildman–Crippen MR) is 134 cm³/mol. The average molecular weight is 518 g/mol. The first kappa shape index (κ1) is 25.9. The van der Waals surface area contributed by atoms with Gasteiger partial charge in [0.2, 0.25) is 0 Å². The lowest BCUT2D eigenvalue weighted by atomic mass is 10.2. The molecule has 0 aromatic heterocycles. The highest BCUT2D eigenvalue weighted by molar-refractivity contribution is 7.92. The topological polar surface area (TPSA) is 107 Å². The lowest BCUT2D eigenvalue weighted by molar-refractivity contribution is -0.119. The van der Waals surface area contributed by atoms with E-state index in [1.54, 1.807) is 30.3 Å². The number of methoxy groups -OCH3 is 3. The van der Waals surface area contributed by atoms with Crippen molar-refractivity contribution in [1.29, 1.82) is 0 Å². The minimum Gasteiger partial charge on any atom is -0.497 e. The van der Waals surface area contributed by atoms with Gasteiger partial charge in [0, 0.05) is 16.7 Å². The second-order valence-electron chi connectivity index (χ2n) is 7.06. The number of anilines is 1. The third-order valence-electron chi connectivity index (χ3n) is 4.88.